The average molecular weight is 575 g/mol. The first kappa shape index (κ1) is 24.9. The van der Waals surface area contributed by atoms with Gasteiger partial charge in [-0.25, -0.2) is 0 Å². The molecule has 5 rings (SSSR count). The second-order valence-corrected chi connectivity index (χ2v) is 12.4. The first-order valence-electron chi connectivity index (χ1n) is 11.5. The minimum atomic E-state index is -4.06. The molecule has 9 nitrogen and oxygen atoms in total. The molecule has 11 heteroatoms. The lowest BCUT2D eigenvalue weighted by atomic mass is 9.95. The third kappa shape index (κ3) is 4.80. The SMILES string of the molecule is Cc1ccc(S(=O)(=O)/N=C2/NC=C(C3OCC(C)(C)CO3)C3NC(=O)C(c4ccc(Br)cc4)N23)cc1. The van der Waals surface area contributed by atoms with Crippen molar-refractivity contribution in [3.63, 3.8) is 0 Å². The number of ether oxygens (including phenoxy) is 2. The summed E-state index contributed by atoms with van der Waals surface area (Å²) in [5, 5.41) is 5.98. The monoisotopic (exact) mass is 574 g/mol. The normalized spacial score (nSPS) is 25.2. The Bertz CT molecular complexity index is 1330. The van der Waals surface area contributed by atoms with Gasteiger partial charge in [-0.15, -0.1) is 4.40 Å². The van der Waals surface area contributed by atoms with Gasteiger partial charge in [-0.3, -0.25) is 4.79 Å². The Morgan fingerprint density at radius 2 is 1.69 bits per heavy atom. The van der Waals surface area contributed by atoms with Crippen molar-refractivity contribution in [2.45, 2.75) is 44.2 Å². The van der Waals surface area contributed by atoms with Gasteiger partial charge in [0.15, 0.2) is 6.29 Å². The highest BCUT2D eigenvalue weighted by molar-refractivity contribution is 9.10. The van der Waals surface area contributed by atoms with Gasteiger partial charge in [0, 0.05) is 21.7 Å². The predicted molar refractivity (Wildman–Crippen MR) is 137 cm³/mol. The molecule has 0 saturated carbocycles. The van der Waals surface area contributed by atoms with Crippen LogP contribution in [0.1, 0.15) is 31.0 Å². The minimum absolute atomic E-state index is 0.0340. The van der Waals surface area contributed by atoms with E-state index in [1.807, 2.05) is 45.0 Å². The van der Waals surface area contributed by atoms with Crippen LogP contribution in [-0.2, 0) is 24.3 Å². The van der Waals surface area contributed by atoms with Crippen LogP contribution in [0.2, 0.25) is 0 Å². The van der Waals surface area contributed by atoms with Crippen LogP contribution in [0.25, 0.3) is 0 Å². The van der Waals surface area contributed by atoms with Gasteiger partial charge in [0.2, 0.25) is 11.9 Å². The van der Waals surface area contributed by atoms with E-state index in [-0.39, 0.29) is 22.2 Å². The van der Waals surface area contributed by atoms with E-state index in [2.05, 4.69) is 31.0 Å². The van der Waals surface area contributed by atoms with Gasteiger partial charge in [0.05, 0.1) is 18.1 Å². The number of carbonyl (C=O) groups is 1. The second kappa shape index (κ2) is 9.29. The van der Waals surface area contributed by atoms with Crippen molar-refractivity contribution in [2.75, 3.05) is 13.2 Å². The zero-order valence-electron chi connectivity index (χ0n) is 20.1. The molecule has 2 aromatic carbocycles. The zero-order valence-corrected chi connectivity index (χ0v) is 22.5. The van der Waals surface area contributed by atoms with E-state index in [0.29, 0.717) is 24.4 Å². The lowest BCUT2D eigenvalue weighted by Crippen LogP contribution is -2.54. The fourth-order valence-corrected chi connectivity index (χ4v) is 5.56. The number of hydrogen-bond acceptors (Lipinski definition) is 5. The fraction of sp³-hybridized carbons (Fsp3) is 0.360. The van der Waals surface area contributed by atoms with Gasteiger partial charge in [0.1, 0.15) is 12.2 Å². The molecule has 3 aliphatic rings. The van der Waals surface area contributed by atoms with Crippen molar-refractivity contribution in [3.8, 4) is 0 Å². The molecule has 0 spiro atoms. The number of aryl methyl sites for hydroxylation is 1. The lowest BCUT2D eigenvalue weighted by Gasteiger charge is -2.41. The molecule has 0 bridgehead atoms. The molecule has 3 heterocycles. The number of sulfonamides is 1. The maximum Gasteiger partial charge on any atom is 0.285 e. The summed E-state index contributed by atoms with van der Waals surface area (Å²) in [4.78, 5) is 15.0. The van der Waals surface area contributed by atoms with Crippen LogP contribution >= 0.6 is 15.9 Å². The summed E-state index contributed by atoms with van der Waals surface area (Å²) in [5.41, 5.74) is 2.12. The Morgan fingerprint density at radius 3 is 2.33 bits per heavy atom. The molecular formula is C25H27BrN4O5S. The van der Waals surface area contributed by atoms with Crippen molar-refractivity contribution in [3.05, 3.63) is 75.9 Å². The van der Waals surface area contributed by atoms with E-state index in [0.717, 1.165) is 10.0 Å². The molecule has 190 valence electrons. The fourth-order valence-electron chi connectivity index (χ4n) is 4.34. The Balaban J connectivity index is 1.56. The van der Waals surface area contributed by atoms with Crippen LogP contribution < -0.4 is 10.6 Å². The minimum Gasteiger partial charge on any atom is -0.348 e. The molecule has 2 saturated heterocycles. The maximum atomic E-state index is 13.3. The van der Waals surface area contributed by atoms with Crippen molar-refractivity contribution in [2.24, 2.45) is 9.81 Å². The van der Waals surface area contributed by atoms with Gasteiger partial charge in [0.25, 0.3) is 10.0 Å². The lowest BCUT2D eigenvalue weighted by molar-refractivity contribution is -0.206. The number of hydrogen-bond donors (Lipinski definition) is 2. The van der Waals surface area contributed by atoms with Gasteiger partial charge < -0.3 is 25.0 Å². The molecule has 36 heavy (non-hydrogen) atoms. The molecule has 1 amide bonds. The summed E-state index contributed by atoms with van der Waals surface area (Å²) in [6.07, 6.45) is 0.209. The van der Waals surface area contributed by atoms with E-state index in [1.54, 1.807) is 23.2 Å². The van der Waals surface area contributed by atoms with Crippen LogP contribution in [0.15, 0.2) is 74.1 Å². The number of nitrogens with one attached hydrogen (secondary N) is 2. The second-order valence-electron chi connectivity index (χ2n) is 9.88. The zero-order chi connectivity index (χ0) is 25.7. The molecule has 0 aliphatic carbocycles. The molecule has 0 radical (unpaired) electrons. The molecule has 2 N–H and O–H groups in total. The van der Waals surface area contributed by atoms with E-state index in [9.17, 15) is 13.2 Å². The van der Waals surface area contributed by atoms with Crippen molar-refractivity contribution in [1.29, 1.82) is 0 Å². The van der Waals surface area contributed by atoms with Crippen LogP contribution in [0, 0.1) is 12.3 Å². The first-order valence-corrected chi connectivity index (χ1v) is 13.7. The number of fused-ring (bicyclic) bond motifs is 1. The maximum absolute atomic E-state index is 13.3. The predicted octanol–water partition coefficient (Wildman–Crippen LogP) is 3.19. The first-order chi connectivity index (χ1) is 17.0. The molecule has 2 atom stereocenters. The average Bonchev–Trinajstić information content (AvgIpc) is 3.17. The van der Waals surface area contributed by atoms with E-state index in [4.69, 9.17) is 9.47 Å². The van der Waals surface area contributed by atoms with Crippen LogP contribution in [0.5, 0.6) is 0 Å². The highest BCUT2D eigenvalue weighted by atomic mass is 79.9. The number of halogens is 1. The smallest absolute Gasteiger partial charge is 0.285 e. The van der Waals surface area contributed by atoms with E-state index in [1.165, 1.54) is 12.1 Å². The number of rotatable bonds is 4. The number of nitrogens with zero attached hydrogens (tertiary/aromatic N) is 2. The molecule has 0 aromatic heterocycles. The summed E-state index contributed by atoms with van der Waals surface area (Å²) in [7, 11) is -4.06. The summed E-state index contributed by atoms with van der Waals surface area (Å²) < 4.78 is 43.3. The van der Waals surface area contributed by atoms with Gasteiger partial charge >= 0.3 is 0 Å². The van der Waals surface area contributed by atoms with Gasteiger partial charge in [-0.05, 0) is 36.8 Å². The Morgan fingerprint density at radius 1 is 1.06 bits per heavy atom. The molecular weight excluding hydrogens is 548 g/mol. The topological polar surface area (TPSA) is 109 Å². The van der Waals surface area contributed by atoms with Crippen LogP contribution in [0.3, 0.4) is 0 Å². The summed E-state index contributed by atoms with van der Waals surface area (Å²) in [6.45, 7) is 6.93. The number of guanidine groups is 1. The number of carbonyl (C=O) groups excluding carboxylic acids is 1. The summed E-state index contributed by atoms with van der Waals surface area (Å²) in [6, 6.07) is 12.9. The molecule has 2 unspecified atom stereocenters. The van der Waals surface area contributed by atoms with E-state index >= 15 is 0 Å². The number of benzene rings is 2. The van der Waals surface area contributed by atoms with E-state index < -0.39 is 28.5 Å². The van der Waals surface area contributed by atoms with Gasteiger partial charge in [-0.2, -0.15) is 8.42 Å². The molecule has 2 fully saturated rings. The Hall–Kier alpha value is -2.73. The van der Waals surface area contributed by atoms with Crippen molar-refractivity contribution >= 4 is 37.8 Å². The third-order valence-electron chi connectivity index (χ3n) is 6.25. The molecule has 3 aliphatic heterocycles. The quantitative estimate of drug-likeness (QED) is 0.577. The largest absolute Gasteiger partial charge is 0.348 e. The number of amides is 1. The third-order valence-corrected chi connectivity index (χ3v) is 8.06. The molecule has 2 aromatic rings. The van der Waals surface area contributed by atoms with Crippen molar-refractivity contribution < 1.29 is 22.7 Å². The summed E-state index contributed by atoms with van der Waals surface area (Å²) in [5.74, 6) is -0.250. The highest BCUT2D eigenvalue weighted by Crippen LogP contribution is 2.37. The van der Waals surface area contributed by atoms with Crippen LogP contribution in [-0.4, -0.2) is 50.9 Å². The van der Waals surface area contributed by atoms with Crippen LogP contribution in [0.4, 0.5) is 0 Å². The standard InChI is InChI=1S/C25H27BrN4O5S/c1-15-4-10-18(11-5-15)36(32,33)29-24-27-12-19(23-34-13-25(2,3)14-35-23)21-28-22(31)20(30(21)24)16-6-8-17(26)9-7-16/h4-12,20-21,23H,13-14H2,1-3H3,(H,27,29)(H,28,31). The Labute approximate surface area is 218 Å². The highest BCUT2D eigenvalue weighted by Gasteiger charge is 2.49. The Kier molecular flexibility index (Phi) is 6.44. The van der Waals surface area contributed by atoms with Gasteiger partial charge in [-0.1, -0.05) is 59.6 Å². The summed E-state index contributed by atoms with van der Waals surface area (Å²) >= 11 is 3.42. The van der Waals surface area contributed by atoms with Crippen molar-refractivity contribution in [1.82, 2.24) is 15.5 Å².